The van der Waals surface area contributed by atoms with Crippen LogP contribution in [0.1, 0.15) is 27.2 Å². The fourth-order valence-electron chi connectivity index (χ4n) is 1.95. The zero-order valence-corrected chi connectivity index (χ0v) is 11.0. The average molecular weight is 276 g/mol. The Balaban J connectivity index is 2.98. The second kappa shape index (κ2) is 6.08. The monoisotopic (exact) mass is 276 g/mol. The Labute approximate surface area is 109 Å². The van der Waals surface area contributed by atoms with Crippen molar-refractivity contribution in [3.63, 3.8) is 0 Å². The quantitative estimate of drug-likeness (QED) is 0.509. The summed E-state index contributed by atoms with van der Waals surface area (Å²) in [6.45, 7) is 4.88. The zero-order valence-electron chi connectivity index (χ0n) is 11.0. The number of rotatable bonds is 3. The highest BCUT2D eigenvalue weighted by molar-refractivity contribution is 5.46. The van der Waals surface area contributed by atoms with Crippen molar-refractivity contribution in [2.24, 2.45) is 5.92 Å². The van der Waals surface area contributed by atoms with Gasteiger partial charge in [0.1, 0.15) is 11.6 Å². The summed E-state index contributed by atoms with van der Waals surface area (Å²) in [5.41, 5.74) is 1.08. The number of ether oxygens (including phenoxy) is 1. The largest absolute Gasteiger partial charge is 0.572 e. The molecule has 19 heavy (non-hydrogen) atoms. The summed E-state index contributed by atoms with van der Waals surface area (Å²) in [5.74, 6) is -0.969. The van der Waals surface area contributed by atoms with E-state index < -0.39 is 12.3 Å². The molecular formula is C14H16F4O. The third-order valence-corrected chi connectivity index (χ3v) is 2.84. The van der Waals surface area contributed by atoms with E-state index in [2.05, 4.69) is 4.74 Å². The van der Waals surface area contributed by atoms with Gasteiger partial charge in [-0.1, -0.05) is 25.2 Å². The molecule has 0 N–H and O–H groups in total. The second-order valence-electron chi connectivity index (χ2n) is 4.25. The van der Waals surface area contributed by atoms with Gasteiger partial charge in [-0.25, -0.2) is 4.39 Å². The first-order valence-electron chi connectivity index (χ1n) is 5.93. The van der Waals surface area contributed by atoms with Crippen LogP contribution in [0.4, 0.5) is 17.6 Å². The lowest BCUT2D eigenvalue weighted by molar-refractivity contribution is -0.308. The van der Waals surface area contributed by atoms with Gasteiger partial charge in [-0.3, -0.25) is 0 Å². The lowest BCUT2D eigenvalue weighted by Crippen LogP contribution is -2.18. The fourth-order valence-corrected chi connectivity index (χ4v) is 1.95. The number of hydrogen-bond donors (Lipinski definition) is 0. The van der Waals surface area contributed by atoms with Crippen molar-refractivity contribution < 1.29 is 22.3 Å². The first-order valence-corrected chi connectivity index (χ1v) is 5.93. The molecule has 0 radical (unpaired) electrons. The minimum Gasteiger partial charge on any atom is -0.410 e. The number of hydrogen-bond acceptors (Lipinski definition) is 1. The molecule has 0 aliphatic heterocycles. The van der Waals surface area contributed by atoms with E-state index in [9.17, 15) is 17.6 Å². The fraction of sp³-hybridized carbons (Fsp3) is 0.429. The van der Waals surface area contributed by atoms with E-state index in [1.54, 1.807) is 26.8 Å². The Kier molecular flexibility index (Phi) is 4.97. The molecule has 1 aliphatic carbocycles. The number of allylic oxidation sites excluding steroid dienone is 8. The van der Waals surface area contributed by atoms with Gasteiger partial charge in [0.05, 0.1) is 0 Å². The molecule has 0 bridgehead atoms. The van der Waals surface area contributed by atoms with Crippen molar-refractivity contribution >= 4 is 0 Å². The number of halogens is 4. The van der Waals surface area contributed by atoms with Gasteiger partial charge < -0.3 is 4.74 Å². The molecule has 0 heterocycles. The van der Waals surface area contributed by atoms with Crippen LogP contribution in [0, 0.1) is 5.92 Å². The Morgan fingerprint density at radius 2 is 1.89 bits per heavy atom. The highest BCUT2D eigenvalue weighted by Crippen LogP contribution is 2.35. The lowest BCUT2D eigenvalue weighted by Gasteiger charge is -2.23. The van der Waals surface area contributed by atoms with Crippen LogP contribution in [-0.4, -0.2) is 6.36 Å². The van der Waals surface area contributed by atoms with E-state index in [-0.39, 0.29) is 11.6 Å². The van der Waals surface area contributed by atoms with Gasteiger partial charge in [-0.15, -0.1) is 13.2 Å². The van der Waals surface area contributed by atoms with E-state index >= 15 is 0 Å². The summed E-state index contributed by atoms with van der Waals surface area (Å²) in [7, 11) is 0. The molecule has 1 atom stereocenters. The molecule has 0 aromatic rings. The van der Waals surface area contributed by atoms with Crippen LogP contribution in [0.3, 0.4) is 0 Å². The van der Waals surface area contributed by atoms with Crippen LogP contribution >= 0.6 is 0 Å². The molecule has 0 saturated heterocycles. The summed E-state index contributed by atoms with van der Waals surface area (Å²) in [5, 5.41) is 0. The predicted octanol–water partition coefficient (Wildman–Crippen LogP) is 5.19. The van der Waals surface area contributed by atoms with Crippen LogP contribution in [-0.2, 0) is 4.74 Å². The zero-order chi connectivity index (χ0) is 14.6. The van der Waals surface area contributed by atoms with Gasteiger partial charge in [-0.2, -0.15) is 0 Å². The highest BCUT2D eigenvalue weighted by atomic mass is 19.4. The van der Waals surface area contributed by atoms with Gasteiger partial charge in [0.25, 0.3) is 0 Å². The molecule has 0 aromatic carbocycles. The van der Waals surface area contributed by atoms with E-state index in [4.69, 9.17) is 0 Å². The van der Waals surface area contributed by atoms with E-state index in [0.29, 0.717) is 17.6 Å². The van der Waals surface area contributed by atoms with E-state index in [1.807, 2.05) is 0 Å². The lowest BCUT2D eigenvalue weighted by atomic mass is 9.89. The molecule has 0 amide bonds. The molecular weight excluding hydrogens is 260 g/mol. The molecule has 0 spiro atoms. The third-order valence-electron chi connectivity index (χ3n) is 2.84. The van der Waals surface area contributed by atoms with Gasteiger partial charge in [0.2, 0.25) is 0 Å². The molecule has 1 aliphatic rings. The molecule has 106 valence electrons. The second-order valence-corrected chi connectivity index (χ2v) is 4.25. The standard InChI is InChI=1S/C14H16F4O/c1-4-11(12(15)5-2)10-6-7-13(9(3)8-10)19-14(16,17)18/h4-7,9H,8H2,1-3H3. The van der Waals surface area contributed by atoms with Crippen LogP contribution in [0.25, 0.3) is 0 Å². The molecule has 0 fully saturated rings. The highest BCUT2D eigenvalue weighted by Gasteiger charge is 2.34. The van der Waals surface area contributed by atoms with Gasteiger partial charge in [-0.05, 0) is 31.9 Å². The summed E-state index contributed by atoms with van der Waals surface area (Å²) in [6.07, 6.45) is 1.28. The summed E-state index contributed by atoms with van der Waals surface area (Å²) >= 11 is 0. The Morgan fingerprint density at radius 3 is 2.32 bits per heavy atom. The van der Waals surface area contributed by atoms with Crippen LogP contribution in [0.15, 0.2) is 47.0 Å². The van der Waals surface area contributed by atoms with E-state index in [0.717, 1.165) is 0 Å². The smallest absolute Gasteiger partial charge is 0.410 e. The maximum absolute atomic E-state index is 13.6. The Bertz CT molecular complexity index is 453. The van der Waals surface area contributed by atoms with Gasteiger partial charge in [0, 0.05) is 11.5 Å². The maximum atomic E-state index is 13.6. The molecule has 1 rings (SSSR count). The Morgan fingerprint density at radius 1 is 1.26 bits per heavy atom. The normalized spacial score (nSPS) is 21.9. The van der Waals surface area contributed by atoms with Crippen LogP contribution < -0.4 is 0 Å². The van der Waals surface area contributed by atoms with Crippen molar-refractivity contribution in [3.05, 3.63) is 47.0 Å². The van der Waals surface area contributed by atoms with Crippen LogP contribution in [0.5, 0.6) is 0 Å². The maximum Gasteiger partial charge on any atom is 0.572 e. The van der Waals surface area contributed by atoms with Gasteiger partial charge in [0.15, 0.2) is 0 Å². The average Bonchev–Trinajstić information content (AvgIpc) is 2.31. The Hall–Kier alpha value is -1.52. The molecule has 0 saturated carbocycles. The minimum absolute atomic E-state index is 0.146. The summed E-state index contributed by atoms with van der Waals surface area (Å²) < 4.78 is 54.0. The van der Waals surface area contributed by atoms with Crippen LogP contribution in [0.2, 0.25) is 0 Å². The molecule has 1 unspecified atom stereocenters. The molecule has 0 aromatic heterocycles. The van der Waals surface area contributed by atoms with Gasteiger partial charge >= 0.3 is 6.36 Å². The summed E-state index contributed by atoms with van der Waals surface area (Å²) in [4.78, 5) is 0. The first-order chi connectivity index (χ1) is 8.78. The van der Waals surface area contributed by atoms with E-state index in [1.165, 1.54) is 18.2 Å². The predicted molar refractivity (Wildman–Crippen MR) is 65.7 cm³/mol. The van der Waals surface area contributed by atoms with Crippen molar-refractivity contribution in [1.29, 1.82) is 0 Å². The minimum atomic E-state index is -4.69. The SMILES string of the molecule is CC=C(F)C(=CC)C1=CC=C(OC(F)(F)F)C(C)C1. The van der Waals surface area contributed by atoms with Crippen molar-refractivity contribution in [1.82, 2.24) is 0 Å². The van der Waals surface area contributed by atoms with Crippen molar-refractivity contribution in [2.45, 2.75) is 33.6 Å². The third kappa shape index (κ3) is 4.26. The summed E-state index contributed by atoms with van der Waals surface area (Å²) in [6, 6.07) is 0. The molecule has 1 nitrogen and oxygen atoms in total. The molecule has 5 heteroatoms. The van der Waals surface area contributed by atoms with Crippen molar-refractivity contribution in [3.8, 4) is 0 Å². The first kappa shape index (κ1) is 15.5. The topological polar surface area (TPSA) is 9.23 Å². The number of alkyl halides is 3. The van der Waals surface area contributed by atoms with Crippen molar-refractivity contribution in [2.75, 3.05) is 0 Å².